The summed E-state index contributed by atoms with van der Waals surface area (Å²) in [4.78, 5) is 14.8. The number of hydrogen-bond acceptors (Lipinski definition) is 3. The Hall–Kier alpha value is -1.34. The number of nitriles is 1. The van der Waals surface area contributed by atoms with Gasteiger partial charge in [0.05, 0.1) is 6.07 Å². The van der Waals surface area contributed by atoms with Crippen molar-refractivity contribution >= 4 is 17.2 Å². The van der Waals surface area contributed by atoms with Crippen molar-refractivity contribution in [1.82, 2.24) is 4.90 Å². The monoisotopic (exact) mass is 250 g/mol. The molecule has 92 valence electrons. The molecule has 0 bridgehead atoms. The second-order valence-electron chi connectivity index (χ2n) is 4.21. The van der Waals surface area contributed by atoms with Crippen LogP contribution in [0.4, 0.5) is 0 Å². The Balaban J connectivity index is 2.35. The van der Waals surface area contributed by atoms with Crippen LogP contribution < -0.4 is 0 Å². The summed E-state index contributed by atoms with van der Waals surface area (Å²) in [6, 6.07) is 6.26. The van der Waals surface area contributed by atoms with Gasteiger partial charge in [0, 0.05) is 17.3 Å². The van der Waals surface area contributed by atoms with E-state index in [1.54, 1.807) is 16.2 Å². The van der Waals surface area contributed by atoms with E-state index in [2.05, 4.69) is 6.07 Å². The van der Waals surface area contributed by atoms with Gasteiger partial charge in [-0.25, -0.2) is 0 Å². The van der Waals surface area contributed by atoms with Crippen molar-refractivity contribution in [3.8, 4) is 6.07 Å². The SMILES string of the molecule is CC(C)N(CC#N)C(=O)CCCc1cccs1. The highest BCUT2D eigenvalue weighted by Gasteiger charge is 2.15. The summed E-state index contributed by atoms with van der Waals surface area (Å²) in [5, 5.41) is 10.7. The molecule has 0 radical (unpaired) electrons. The smallest absolute Gasteiger partial charge is 0.223 e. The van der Waals surface area contributed by atoms with Crippen LogP contribution in [0.5, 0.6) is 0 Å². The lowest BCUT2D eigenvalue weighted by molar-refractivity contribution is -0.132. The minimum atomic E-state index is 0.0816. The first kappa shape index (κ1) is 13.7. The molecule has 1 amide bonds. The third-order valence-electron chi connectivity index (χ3n) is 2.58. The standard InChI is InChI=1S/C13H18N2OS/c1-11(2)15(9-8-14)13(16)7-3-5-12-6-4-10-17-12/h4,6,10-11H,3,5,7,9H2,1-2H3. The molecule has 1 aromatic heterocycles. The molecule has 0 spiro atoms. The molecule has 1 heterocycles. The van der Waals surface area contributed by atoms with E-state index in [0.29, 0.717) is 6.42 Å². The molecule has 4 heteroatoms. The van der Waals surface area contributed by atoms with Crippen molar-refractivity contribution in [2.75, 3.05) is 6.54 Å². The highest BCUT2D eigenvalue weighted by atomic mass is 32.1. The topological polar surface area (TPSA) is 44.1 Å². The largest absolute Gasteiger partial charge is 0.327 e. The van der Waals surface area contributed by atoms with Crippen LogP contribution >= 0.6 is 11.3 Å². The van der Waals surface area contributed by atoms with Gasteiger partial charge in [-0.2, -0.15) is 5.26 Å². The summed E-state index contributed by atoms with van der Waals surface area (Å²) in [7, 11) is 0. The summed E-state index contributed by atoms with van der Waals surface area (Å²) in [6.07, 6.45) is 2.33. The highest BCUT2D eigenvalue weighted by molar-refractivity contribution is 7.09. The first-order valence-corrected chi connectivity index (χ1v) is 6.72. The second-order valence-corrected chi connectivity index (χ2v) is 5.24. The van der Waals surface area contributed by atoms with E-state index in [4.69, 9.17) is 5.26 Å². The van der Waals surface area contributed by atoms with Crippen LogP contribution in [-0.2, 0) is 11.2 Å². The van der Waals surface area contributed by atoms with Gasteiger partial charge in [0.25, 0.3) is 0 Å². The van der Waals surface area contributed by atoms with Crippen LogP contribution in [0, 0.1) is 11.3 Å². The molecule has 0 aliphatic rings. The van der Waals surface area contributed by atoms with E-state index in [9.17, 15) is 4.79 Å². The van der Waals surface area contributed by atoms with Gasteiger partial charge in [-0.05, 0) is 38.1 Å². The summed E-state index contributed by atoms with van der Waals surface area (Å²) < 4.78 is 0. The van der Waals surface area contributed by atoms with Gasteiger partial charge in [0.2, 0.25) is 5.91 Å². The molecule has 1 aromatic rings. The lowest BCUT2D eigenvalue weighted by Crippen LogP contribution is -2.37. The molecule has 0 saturated heterocycles. The molecular weight excluding hydrogens is 232 g/mol. The Kier molecular flexibility index (Phi) is 5.71. The molecule has 0 N–H and O–H groups in total. The normalized spacial score (nSPS) is 10.2. The molecule has 17 heavy (non-hydrogen) atoms. The van der Waals surface area contributed by atoms with Crippen molar-refractivity contribution < 1.29 is 4.79 Å². The minimum absolute atomic E-state index is 0.0816. The lowest BCUT2D eigenvalue weighted by Gasteiger charge is -2.23. The van der Waals surface area contributed by atoms with Gasteiger partial charge in [0.15, 0.2) is 0 Å². The lowest BCUT2D eigenvalue weighted by atomic mass is 10.2. The molecule has 0 saturated carbocycles. The number of carbonyl (C=O) groups excluding carboxylic acids is 1. The van der Waals surface area contributed by atoms with Crippen LogP contribution in [0.3, 0.4) is 0 Å². The Bertz CT molecular complexity index is 379. The van der Waals surface area contributed by atoms with Gasteiger partial charge in [0.1, 0.15) is 6.54 Å². The maximum Gasteiger partial charge on any atom is 0.223 e. The third-order valence-corrected chi connectivity index (χ3v) is 3.51. The van der Waals surface area contributed by atoms with Crippen molar-refractivity contribution in [2.45, 2.75) is 39.2 Å². The van der Waals surface area contributed by atoms with Crippen molar-refractivity contribution in [3.63, 3.8) is 0 Å². The third kappa shape index (κ3) is 4.58. The van der Waals surface area contributed by atoms with Crippen LogP contribution in [0.1, 0.15) is 31.6 Å². The molecule has 0 atom stereocenters. The van der Waals surface area contributed by atoms with Crippen LogP contribution in [-0.4, -0.2) is 23.4 Å². The van der Waals surface area contributed by atoms with Gasteiger partial charge in [-0.3, -0.25) is 4.79 Å². The van der Waals surface area contributed by atoms with Gasteiger partial charge in [-0.15, -0.1) is 11.3 Å². The first-order chi connectivity index (χ1) is 8.15. The zero-order valence-corrected chi connectivity index (χ0v) is 11.2. The predicted octanol–water partition coefficient (Wildman–Crippen LogP) is 2.83. The molecule has 0 aliphatic carbocycles. The minimum Gasteiger partial charge on any atom is -0.327 e. The van der Waals surface area contributed by atoms with Crippen molar-refractivity contribution in [1.29, 1.82) is 5.26 Å². The fourth-order valence-corrected chi connectivity index (χ4v) is 2.40. The number of amides is 1. The average molecular weight is 250 g/mol. The van der Waals surface area contributed by atoms with E-state index < -0.39 is 0 Å². The molecule has 1 rings (SSSR count). The Morgan fingerprint density at radius 2 is 2.35 bits per heavy atom. The van der Waals surface area contributed by atoms with Crippen LogP contribution in [0.25, 0.3) is 0 Å². The van der Waals surface area contributed by atoms with Crippen molar-refractivity contribution in [3.05, 3.63) is 22.4 Å². The molecule has 0 aromatic carbocycles. The van der Waals surface area contributed by atoms with Crippen molar-refractivity contribution in [2.24, 2.45) is 0 Å². The Morgan fingerprint density at radius 3 is 2.88 bits per heavy atom. The first-order valence-electron chi connectivity index (χ1n) is 5.84. The number of aryl methyl sites for hydroxylation is 1. The molecule has 3 nitrogen and oxygen atoms in total. The van der Waals surface area contributed by atoms with Crippen LogP contribution in [0.15, 0.2) is 17.5 Å². The maximum atomic E-state index is 11.9. The van der Waals surface area contributed by atoms with E-state index in [-0.39, 0.29) is 18.5 Å². The average Bonchev–Trinajstić information content (AvgIpc) is 2.78. The van der Waals surface area contributed by atoms with Crippen LogP contribution in [0.2, 0.25) is 0 Å². The number of nitrogens with zero attached hydrogens (tertiary/aromatic N) is 2. The highest BCUT2D eigenvalue weighted by Crippen LogP contribution is 2.13. The summed E-state index contributed by atoms with van der Waals surface area (Å²) in [5.74, 6) is 0.0816. The molecule has 0 fully saturated rings. The summed E-state index contributed by atoms with van der Waals surface area (Å²) in [6.45, 7) is 4.07. The van der Waals surface area contributed by atoms with Gasteiger partial charge >= 0.3 is 0 Å². The molecular formula is C13H18N2OS. The van der Waals surface area contributed by atoms with E-state index >= 15 is 0 Å². The number of carbonyl (C=O) groups is 1. The quantitative estimate of drug-likeness (QED) is 0.729. The summed E-state index contributed by atoms with van der Waals surface area (Å²) >= 11 is 1.72. The second kappa shape index (κ2) is 7.08. The zero-order valence-electron chi connectivity index (χ0n) is 10.3. The fourth-order valence-electron chi connectivity index (χ4n) is 1.65. The van der Waals surface area contributed by atoms with E-state index in [0.717, 1.165) is 12.8 Å². The van der Waals surface area contributed by atoms with Gasteiger partial charge in [-0.1, -0.05) is 6.07 Å². The number of hydrogen-bond donors (Lipinski definition) is 0. The van der Waals surface area contributed by atoms with Gasteiger partial charge < -0.3 is 4.90 Å². The number of thiophene rings is 1. The molecule has 0 aliphatic heterocycles. The Labute approximate surface area is 107 Å². The van der Waals surface area contributed by atoms with E-state index in [1.165, 1.54) is 4.88 Å². The zero-order chi connectivity index (χ0) is 12.7. The number of rotatable bonds is 6. The Morgan fingerprint density at radius 1 is 1.59 bits per heavy atom. The maximum absolute atomic E-state index is 11.9. The predicted molar refractivity (Wildman–Crippen MR) is 69.7 cm³/mol. The molecule has 0 unspecified atom stereocenters. The fraction of sp³-hybridized carbons (Fsp3) is 0.538. The summed E-state index contributed by atoms with van der Waals surface area (Å²) in [5.41, 5.74) is 0. The van der Waals surface area contributed by atoms with E-state index in [1.807, 2.05) is 31.4 Å².